The number of nitrogens with one attached hydrogen (secondary N) is 2. The van der Waals surface area contributed by atoms with Crippen LogP contribution in [0.5, 0.6) is 0 Å². The zero-order valence-electron chi connectivity index (χ0n) is 20.2. The Kier molecular flexibility index (Phi) is 6.81. The number of aryl methyl sites for hydroxylation is 1. The average Bonchev–Trinajstić information content (AvgIpc) is 3.60. The summed E-state index contributed by atoms with van der Waals surface area (Å²) in [5.41, 5.74) is 4.19. The number of anilines is 2. The van der Waals surface area contributed by atoms with Gasteiger partial charge in [-0.3, -0.25) is 14.9 Å². The van der Waals surface area contributed by atoms with Crippen molar-refractivity contribution in [3.05, 3.63) is 59.2 Å². The van der Waals surface area contributed by atoms with Crippen molar-refractivity contribution in [2.45, 2.75) is 52.0 Å². The van der Waals surface area contributed by atoms with Crippen LogP contribution >= 0.6 is 11.3 Å². The number of carbonyl (C=O) groups is 2. The first-order valence-electron chi connectivity index (χ1n) is 12.4. The highest BCUT2D eigenvalue weighted by atomic mass is 32.1. The number of hydrogen-bond donors (Lipinski definition) is 2. The molecule has 1 unspecified atom stereocenters. The van der Waals surface area contributed by atoms with Gasteiger partial charge in [0.15, 0.2) is 0 Å². The van der Waals surface area contributed by atoms with E-state index < -0.39 is 0 Å². The first-order valence-corrected chi connectivity index (χ1v) is 13.2. The third kappa shape index (κ3) is 5.53. The van der Waals surface area contributed by atoms with E-state index in [2.05, 4.69) is 32.7 Å². The molecule has 5 rings (SSSR count). The molecule has 182 valence electrons. The van der Waals surface area contributed by atoms with E-state index in [1.165, 1.54) is 30.6 Å². The number of nitrogens with zero attached hydrogens (tertiary/aromatic N) is 3. The van der Waals surface area contributed by atoms with Crippen LogP contribution in [0.2, 0.25) is 0 Å². The van der Waals surface area contributed by atoms with Gasteiger partial charge in [-0.2, -0.15) is 0 Å². The van der Waals surface area contributed by atoms with Crippen LogP contribution in [0.25, 0.3) is 11.1 Å². The summed E-state index contributed by atoms with van der Waals surface area (Å²) in [6.45, 7) is 5.96. The van der Waals surface area contributed by atoms with E-state index in [4.69, 9.17) is 0 Å². The molecule has 2 aromatic carbocycles. The van der Waals surface area contributed by atoms with Crippen LogP contribution in [-0.4, -0.2) is 41.1 Å². The molecule has 1 aliphatic carbocycles. The second-order valence-electron chi connectivity index (χ2n) is 9.64. The van der Waals surface area contributed by atoms with Gasteiger partial charge in [0.2, 0.25) is 10.3 Å². The van der Waals surface area contributed by atoms with Crippen molar-refractivity contribution in [3.8, 4) is 11.1 Å². The number of hydrogen-bond acceptors (Lipinski definition) is 6. The predicted octanol–water partition coefficient (Wildman–Crippen LogP) is 5.28. The molecular weight excluding hydrogens is 458 g/mol. The first kappa shape index (κ1) is 23.5. The van der Waals surface area contributed by atoms with Crippen molar-refractivity contribution in [3.63, 3.8) is 0 Å². The maximum absolute atomic E-state index is 13.0. The van der Waals surface area contributed by atoms with Gasteiger partial charge in [0.05, 0.1) is 0 Å². The van der Waals surface area contributed by atoms with Crippen molar-refractivity contribution in [1.29, 1.82) is 0 Å². The maximum atomic E-state index is 13.0. The molecule has 1 aromatic heterocycles. The van der Waals surface area contributed by atoms with Gasteiger partial charge < -0.3 is 10.2 Å². The Morgan fingerprint density at radius 2 is 1.77 bits per heavy atom. The molecule has 0 bridgehead atoms. The lowest BCUT2D eigenvalue weighted by atomic mass is 9.97. The summed E-state index contributed by atoms with van der Waals surface area (Å²) in [4.78, 5) is 27.6. The number of aromatic nitrogens is 2. The molecule has 1 atom stereocenters. The largest absolute Gasteiger partial charge is 0.352 e. The lowest BCUT2D eigenvalue weighted by Crippen LogP contribution is -2.37. The Labute approximate surface area is 210 Å². The van der Waals surface area contributed by atoms with Crippen molar-refractivity contribution < 1.29 is 9.59 Å². The summed E-state index contributed by atoms with van der Waals surface area (Å²) in [6.07, 6.45) is 5.97. The highest BCUT2D eigenvalue weighted by molar-refractivity contribution is 7.19. The fraction of sp³-hybridized carbons (Fsp3) is 0.407. The third-order valence-corrected chi connectivity index (χ3v) is 7.77. The van der Waals surface area contributed by atoms with E-state index in [0.717, 1.165) is 47.8 Å². The SMILES string of the molecule is Cc1ccc(C(=O)Nc2nnc(N3CCCCC3C)s2)cc1-c1ccc(C(=O)NCC2CC2)cc1. The Hall–Kier alpha value is -3.26. The molecule has 8 heteroatoms. The Bertz CT molecular complexity index is 1220. The highest BCUT2D eigenvalue weighted by Crippen LogP contribution is 2.31. The highest BCUT2D eigenvalue weighted by Gasteiger charge is 2.23. The molecule has 1 saturated heterocycles. The molecule has 2 heterocycles. The van der Waals surface area contributed by atoms with Crippen LogP contribution in [0.15, 0.2) is 42.5 Å². The molecule has 2 fully saturated rings. The van der Waals surface area contributed by atoms with Gasteiger partial charge in [0.1, 0.15) is 0 Å². The summed E-state index contributed by atoms with van der Waals surface area (Å²) in [6, 6.07) is 13.7. The topological polar surface area (TPSA) is 87.2 Å². The number of carbonyl (C=O) groups excluding carboxylic acids is 2. The average molecular weight is 490 g/mol. The standard InChI is InChI=1S/C27H31N5O2S/c1-17-6-9-22(25(34)29-26-30-31-27(35-26)32-14-4-3-5-18(32)2)15-23(17)20-10-12-21(13-11-20)24(33)28-16-19-7-8-19/h6,9-13,15,18-19H,3-5,7-8,14,16H2,1-2H3,(H,28,33)(H,29,30,34). The molecular formula is C27H31N5O2S. The van der Waals surface area contributed by atoms with Gasteiger partial charge in [-0.1, -0.05) is 29.5 Å². The number of piperidine rings is 1. The smallest absolute Gasteiger partial charge is 0.257 e. The molecule has 35 heavy (non-hydrogen) atoms. The van der Waals surface area contributed by atoms with Gasteiger partial charge in [-0.25, -0.2) is 0 Å². The maximum Gasteiger partial charge on any atom is 0.257 e. The quantitative estimate of drug-likeness (QED) is 0.471. The predicted molar refractivity (Wildman–Crippen MR) is 140 cm³/mol. The normalized spacial score (nSPS) is 17.8. The second-order valence-corrected chi connectivity index (χ2v) is 10.6. The summed E-state index contributed by atoms with van der Waals surface area (Å²) >= 11 is 1.42. The van der Waals surface area contributed by atoms with E-state index in [1.54, 1.807) is 0 Å². The van der Waals surface area contributed by atoms with Crippen molar-refractivity contribution >= 4 is 33.4 Å². The summed E-state index contributed by atoms with van der Waals surface area (Å²) in [5.74, 6) is 0.398. The minimum Gasteiger partial charge on any atom is -0.352 e. The third-order valence-electron chi connectivity index (χ3n) is 6.89. The number of amides is 2. The van der Waals surface area contributed by atoms with E-state index >= 15 is 0 Å². The van der Waals surface area contributed by atoms with Gasteiger partial charge in [0, 0.05) is 30.3 Å². The van der Waals surface area contributed by atoms with Gasteiger partial charge in [0.25, 0.3) is 11.8 Å². The van der Waals surface area contributed by atoms with Gasteiger partial charge in [-0.05, 0) is 92.8 Å². The van der Waals surface area contributed by atoms with Crippen LogP contribution in [0.3, 0.4) is 0 Å². The second kappa shape index (κ2) is 10.2. The minimum atomic E-state index is -0.211. The van der Waals surface area contributed by atoms with Crippen molar-refractivity contribution in [1.82, 2.24) is 15.5 Å². The van der Waals surface area contributed by atoms with Crippen LogP contribution in [0.1, 0.15) is 65.3 Å². The lowest BCUT2D eigenvalue weighted by Gasteiger charge is -2.32. The zero-order chi connectivity index (χ0) is 24.4. The Balaban J connectivity index is 1.27. The molecule has 2 aliphatic rings. The molecule has 1 aliphatic heterocycles. The van der Waals surface area contributed by atoms with E-state index in [1.807, 2.05) is 49.4 Å². The summed E-state index contributed by atoms with van der Waals surface area (Å²) < 4.78 is 0. The molecule has 1 saturated carbocycles. The van der Waals surface area contributed by atoms with Crippen molar-refractivity contribution in [2.24, 2.45) is 5.92 Å². The van der Waals surface area contributed by atoms with E-state index in [0.29, 0.717) is 28.2 Å². The fourth-order valence-corrected chi connectivity index (χ4v) is 5.34. The van der Waals surface area contributed by atoms with Crippen LogP contribution < -0.4 is 15.5 Å². The van der Waals surface area contributed by atoms with E-state index in [-0.39, 0.29) is 11.8 Å². The number of rotatable bonds is 7. The molecule has 0 spiro atoms. The van der Waals surface area contributed by atoms with Gasteiger partial charge in [-0.15, -0.1) is 10.2 Å². The van der Waals surface area contributed by atoms with E-state index in [9.17, 15) is 9.59 Å². The molecule has 0 radical (unpaired) electrons. The molecule has 2 N–H and O–H groups in total. The Morgan fingerprint density at radius 3 is 2.51 bits per heavy atom. The van der Waals surface area contributed by atoms with Crippen LogP contribution in [0.4, 0.5) is 10.3 Å². The number of benzene rings is 2. The summed E-state index contributed by atoms with van der Waals surface area (Å²) in [7, 11) is 0. The Morgan fingerprint density at radius 1 is 1.00 bits per heavy atom. The van der Waals surface area contributed by atoms with Crippen LogP contribution in [0, 0.1) is 12.8 Å². The summed E-state index contributed by atoms with van der Waals surface area (Å²) in [5, 5.41) is 15.8. The first-order chi connectivity index (χ1) is 17.0. The molecule has 3 aromatic rings. The zero-order valence-corrected chi connectivity index (χ0v) is 21.0. The lowest BCUT2D eigenvalue weighted by molar-refractivity contribution is 0.0951. The van der Waals surface area contributed by atoms with Crippen molar-refractivity contribution in [2.75, 3.05) is 23.3 Å². The van der Waals surface area contributed by atoms with Crippen LogP contribution in [-0.2, 0) is 0 Å². The minimum absolute atomic E-state index is 0.0383. The van der Waals surface area contributed by atoms with Gasteiger partial charge >= 0.3 is 0 Å². The monoisotopic (exact) mass is 489 g/mol. The fourth-order valence-electron chi connectivity index (χ4n) is 4.47. The molecule has 2 amide bonds. The molecule has 7 nitrogen and oxygen atoms in total.